The molecule has 0 saturated heterocycles. The van der Waals surface area contributed by atoms with Gasteiger partial charge in [-0.25, -0.2) is 0 Å². The second-order valence-corrected chi connectivity index (χ2v) is 6.45. The van der Waals surface area contributed by atoms with Gasteiger partial charge in [0.1, 0.15) is 0 Å². The lowest BCUT2D eigenvalue weighted by Crippen LogP contribution is -2.32. The van der Waals surface area contributed by atoms with Gasteiger partial charge in [-0.2, -0.15) is 0 Å². The van der Waals surface area contributed by atoms with E-state index < -0.39 is 5.25 Å². The summed E-state index contributed by atoms with van der Waals surface area (Å²) in [7, 11) is 0. The average Bonchev–Trinajstić information content (AvgIpc) is 2.50. The molecule has 1 heterocycles. The van der Waals surface area contributed by atoms with E-state index in [1.807, 2.05) is 55.5 Å². The molecule has 0 bridgehead atoms. The first-order valence-corrected chi connectivity index (χ1v) is 7.93. The predicted octanol–water partition coefficient (Wildman–Crippen LogP) is 3.44. The fourth-order valence-electron chi connectivity index (χ4n) is 2.24. The number of hydrogen-bond donors (Lipinski definition) is 2. The summed E-state index contributed by atoms with van der Waals surface area (Å²) in [6.45, 7) is 1.99. The van der Waals surface area contributed by atoms with Crippen LogP contribution >= 0.6 is 11.8 Å². The van der Waals surface area contributed by atoms with Crippen molar-refractivity contribution in [2.75, 3.05) is 10.6 Å². The highest BCUT2D eigenvalue weighted by Crippen LogP contribution is 2.36. The number of carbonyl (C=O) groups is 2. The quantitative estimate of drug-likeness (QED) is 0.913. The van der Waals surface area contributed by atoms with E-state index in [0.29, 0.717) is 0 Å². The van der Waals surface area contributed by atoms with Crippen LogP contribution in [0.2, 0.25) is 0 Å². The van der Waals surface area contributed by atoms with Crippen LogP contribution < -0.4 is 10.6 Å². The van der Waals surface area contributed by atoms with E-state index in [-0.39, 0.29) is 18.2 Å². The Hall–Kier alpha value is -2.27. The molecule has 0 saturated carbocycles. The van der Waals surface area contributed by atoms with Gasteiger partial charge in [-0.1, -0.05) is 29.8 Å². The largest absolute Gasteiger partial charge is 0.326 e. The summed E-state index contributed by atoms with van der Waals surface area (Å²) in [4.78, 5) is 25.2. The van der Waals surface area contributed by atoms with Gasteiger partial charge in [-0.05, 0) is 31.2 Å². The van der Waals surface area contributed by atoms with Crippen molar-refractivity contribution >= 4 is 35.0 Å². The average molecular weight is 312 g/mol. The van der Waals surface area contributed by atoms with Crippen molar-refractivity contribution in [2.24, 2.45) is 0 Å². The Bertz CT molecular complexity index is 713. The molecule has 22 heavy (non-hydrogen) atoms. The molecule has 2 N–H and O–H groups in total. The number of amides is 2. The minimum absolute atomic E-state index is 0.122. The van der Waals surface area contributed by atoms with Crippen LogP contribution in [0.1, 0.15) is 12.0 Å². The lowest BCUT2D eigenvalue weighted by atomic mass is 10.2. The summed E-state index contributed by atoms with van der Waals surface area (Å²) in [6.07, 6.45) is 0.151. The summed E-state index contributed by atoms with van der Waals surface area (Å²) in [5, 5.41) is 5.27. The van der Waals surface area contributed by atoms with E-state index in [1.54, 1.807) is 0 Å². The van der Waals surface area contributed by atoms with Gasteiger partial charge in [0.2, 0.25) is 11.8 Å². The van der Waals surface area contributed by atoms with Gasteiger partial charge in [0.25, 0.3) is 0 Å². The number of para-hydroxylation sites is 1. The Balaban J connectivity index is 1.64. The topological polar surface area (TPSA) is 58.2 Å². The van der Waals surface area contributed by atoms with Gasteiger partial charge in [-0.3, -0.25) is 9.59 Å². The van der Waals surface area contributed by atoms with E-state index >= 15 is 0 Å². The van der Waals surface area contributed by atoms with Crippen LogP contribution in [0, 0.1) is 6.92 Å². The zero-order valence-electron chi connectivity index (χ0n) is 12.1. The summed E-state index contributed by atoms with van der Waals surface area (Å²) in [5.41, 5.74) is 2.70. The highest BCUT2D eigenvalue weighted by molar-refractivity contribution is 8.01. The molecule has 0 spiro atoms. The first-order valence-electron chi connectivity index (χ1n) is 7.05. The maximum atomic E-state index is 12.1. The van der Waals surface area contributed by atoms with Gasteiger partial charge >= 0.3 is 0 Å². The Morgan fingerprint density at radius 2 is 1.91 bits per heavy atom. The monoisotopic (exact) mass is 312 g/mol. The molecular weight excluding hydrogens is 296 g/mol. The van der Waals surface area contributed by atoms with Crippen molar-refractivity contribution in [1.82, 2.24) is 0 Å². The van der Waals surface area contributed by atoms with Crippen LogP contribution in [0.3, 0.4) is 0 Å². The molecule has 4 nitrogen and oxygen atoms in total. The van der Waals surface area contributed by atoms with E-state index in [4.69, 9.17) is 0 Å². The van der Waals surface area contributed by atoms with Crippen molar-refractivity contribution in [1.29, 1.82) is 0 Å². The number of thioether (sulfide) groups is 1. The maximum absolute atomic E-state index is 12.1. The van der Waals surface area contributed by atoms with Gasteiger partial charge < -0.3 is 10.6 Å². The van der Waals surface area contributed by atoms with Crippen molar-refractivity contribution < 1.29 is 9.59 Å². The highest BCUT2D eigenvalue weighted by Gasteiger charge is 2.28. The maximum Gasteiger partial charge on any atom is 0.238 e. The molecule has 2 amide bonds. The van der Waals surface area contributed by atoms with Crippen molar-refractivity contribution in [3.8, 4) is 0 Å². The molecule has 1 unspecified atom stereocenters. The standard InChI is InChI=1S/C17H16N2O2S/c1-11-6-8-12(9-7-11)18-16(20)10-15-17(21)19-13-4-2-3-5-14(13)22-15/h2-9,15H,10H2,1H3,(H,18,20)(H,19,21). The molecule has 5 heteroatoms. The number of benzene rings is 2. The zero-order chi connectivity index (χ0) is 15.5. The highest BCUT2D eigenvalue weighted by atomic mass is 32.2. The Kier molecular flexibility index (Phi) is 4.15. The number of anilines is 2. The van der Waals surface area contributed by atoms with Gasteiger partial charge in [-0.15, -0.1) is 11.8 Å². The molecule has 3 rings (SSSR count). The van der Waals surface area contributed by atoms with Crippen LogP contribution in [-0.2, 0) is 9.59 Å². The SMILES string of the molecule is Cc1ccc(NC(=O)CC2Sc3ccccc3NC2=O)cc1. The number of rotatable bonds is 3. The molecule has 0 aromatic heterocycles. The molecule has 0 fully saturated rings. The smallest absolute Gasteiger partial charge is 0.238 e. The summed E-state index contributed by atoms with van der Waals surface area (Å²) >= 11 is 1.43. The second-order valence-electron chi connectivity index (χ2n) is 5.21. The molecule has 2 aromatic carbocycles. The van der Waals surface area contributed by atoms with Gasteiger partial charge in [0.05, 0.1) is 10.9 Å². The summed E-state index contributed by atoms with van der Waals surface area (Å²) in [6, 6.07) is 15.2. The number of nitrogens with one attached hydrogen (secondary N) is 2. The third-order valence-electron chi connectivity index (χ3n) is 3.41. The van der Waals surface area contributed by atoms with Crippen LogP contribution in [0.5, 0.6) is 0 Å². The minimum Gasteiger partial charge on any atom is -0.326 e. The molecule has 112 valence electrons. The number of fused-ring (bicyclic) bond motifs is 1. The summed E-state index contributed by atoms with van der Waals surface area (Å²) in [5.74, 6) is -0.279. The minimum atomic E-state index is -0.402. The number of hydrogen-bond acceptors (Lipinski definition) is 3. The van der Waals surface area contributed by atoms with E-state index in [0.717, 1.165) is 21.8 Å². The van der Waals surface area contributed by atoms with Crippen molar-refractivity contribution in [3.05, 3.63) is 54.1 Å². The molecule has 0 aliphatic carbocycles. The first-order chi connectivity index (χ1) is 10.6. The number of carbonyl (C=O) groups excluding carboxylic acids is 2. The Morgan fingerprint density at radius 1 is 1.18 bits per heavy atom. The van der Waals surface area contributed by atoms with Crippen LogP contribution in [-0.4, -0.2) is 17.1 Å². The van der Waals surface area contributed by atoms with Gasteiger partial charge in [0.15, 0.2) is 0 Å². The van der Waals surface area contributed by atoms with Crippen LogP contribution in [0.4, 0.5) is 11.4 Å². The molecule has 2 aromatic rings. The molecule has 0 radical (unpaired) electrons. The molecule has 1 aliphatic heterocycles. The van der Waals surface area contributed by atoms with E-state index in [1.165, 1.54) is 11.8 Å². The third kappa shape index (κ3) is 3.31. The zero-order valence-corrected chi connectivity index (χ0v) is 12.9. The first kappa shape index (κ1) is 14.7. The molecule has 1 aliphatic rings. The van der Waals surface area contributed by atoms with Crippen LogP contribution in [0.15, 0.2) is 53.4 Å². The Labute approximate surface area is 133 Å². The molecule has 1 atom stereocenters. The van der Waals surface area contributed by atoms with Crippen molar-refractivity contribution in [3.63, 3.8) is 0 Å². The van der Waals surface area contributed by atoms with E-state index in [2.05, 4.69) is 10.6 Å². The number of aryl methyl sites for hydroxylation is 1. The fraction of sp³-hybridized carbons (Fsp3) is 0.176. The van der Waals surface area contributed by atoms with Crippen molar-refractivity contribution in [2.45, 2.75) is 23.5 Å². The Morgan fingerprint density at radius 3 is 2.68 bits per heavy atom. The van der Waals surface area contributed by atoms with Crippen LogP contribution in [0.25, 0.3) is 0 Å². The fourth-order valence-corrected chi connectivity index (χ4v) is 3.35. The molecular formula is C17H16N2O2S. The lowest BCUT2D eigenvalue weighted by molar-refractivity contribution is -0.120. The van der Waals surface area contributed by atoms with E-state index in [9.17, 15) is 9.59 Å². The predicted molar refractivity (Wildman–Crippen MR) is 89.1 cm³/mol. The van der Waals surface area contributed by atoms with Gasteiger partial charge in [0, 0.05) is 17.0 Å². The lowest BCUT2D eigenvalue weighted by Gasteiger charge is -2.23. The summed E-state index contributed by atoms with van der Waals surface area (Å²) < 4.78 is 0. The second kappa shape index (κ2) is 6.23. The normalized spacial score (nSPS) is 16.6. The third-order valence-corrected chi connectivity index (χ3v) is 4.69.